The summed E-state index contributed by atoms with van der Waals surface area (Å²) in [4.78, 5) is 36.3. The Kier molecular flexibility index (Phi) is 5.71. The standard InChI is InChI=1S/C19H20FN5O4/c1-3-9-24-18(26)17(25(28)29)16(23(4-2)19(24)27)14-10-21-22(12-14)11-13-7-5-6-8-15(13)20/h5-8,10,12H,3-4,9,11H2,1-2H3. The predicted octanol–water partition coefficient (Wildman–Crippen LogP) is 2.40. The van der Waals surface area contributed by atoms with Gasteiger partial charge in [-0.3, -0.25) is 28.7 Å². The van der Waals surface area contributed by atoms with Crippen LogP contribution in [0.2, 0.25) is 0 Å². The van der Waals surface area contributed by atoms with Gasteiger partial charge in [0.2, 0.25) is 0 Å². The predicted molar refractivity (Wildman–Crippen MR) is 104 cm³/mol. The van der Waals surface area contributed by atoms with Crippen molar-refractivity contribution in [3.05, 3.63) is 79.0 Å². The van der Waals surface area contributed by atoms with E-state index in [9.17, 15) is 24.1 Å². The number of benzene rings is 1. The van der Waals surface area contributed by atoms with Crippen molar-refractivity contribution in [2.24, 2.45) is 0 Å². The summed E-state index contributed by atoms with van der Waals surface area (Å²) in [6, 6.07) is 6.19. The first-order valence-corrected chi connectivity index (χ1v) is 9.17. The average molecular weight is 401 g/mol. The van der Waals surface area contributed by atoms with Crippen molar-refractivity contribution in [3.63, 3.8) is 0 Å². The molecule has 0 radical (unpaired) electrons. The first kappa shape index (κ1) is 20.2. The van der Waals surface area contributed by atoms with Crippen LogP contribution >= 0.6 is 0 Å². The molecule has 2 aromatic heterocycles. The number of halogens is 1. The molecule has 3 rings (SSSR count). The zero-order valence-corrected chi connectivity index (χ0v) is 16.0. The lowest BCUT2D eigenvalue weighted by atomic mass is 10.2. The summed E-state index contributed by atoms with van der Waals surface area (Å²) in [5, 5.41) is 15.8. The van der Waals surface area contributed by atoms with Crippen LogP contribution in [-0.2, 0) is 19.6 Å². The summed E-state index contributed by atoms with van der Waals surface area (Å²) in [5.41, 5.74) is -1.69. The third kappa shape index (κ3) is 3.73. The van der Waals surface area contributed by atoms with Crippen LogP contribution in [0.5, 0.6) is 0 Å². The maximum absolute atomic E-state index is 13.9. The van der Waals surface area contributed by atoms with Crippen molar-refractivity contribution in [3.8, 4) is 11.3 Å². The lowest BCUT2D eigenvalue weighted by molar-refractivity contribution is -0.386. The van der Waals surface area contributed by atoms with Gasteiger partial charge >= 0.3 is 16.9 Å². The van der Waals surface area contributed by atoms with Gasteiger partial charge in [0, 0.05) is 30.4 Å². The smallest absolute Gasteiger partial charge is 0.287 e. The van der Waals surface area contributed by atoms with Crippen molar-refractivity contribution in [2.75, 3.05) is 0 Å². The summed E-state index contributed by atoms with van der Waals surface area (Å²) in [6.07, 6.45) is 3.28. The van der Waals surface area contributed by atoms with Crippen molar-refractivity contribution in [1.82, 2.24) is 18.9 Å². The average Bonchev–Trinajstić information content (AvgIpc) is 3.14. The van der Waals surface area contributed by atoms with Gasteiger partial charge in [-0.05, 0) is 19.4 Å². The highest BCUT2D eigenvalue weighted by Gasteiger charge is 2.29. The molecule has 29 heavy (non-hydrogen) atoms. The largest absolute Gasteiger partial charge is 0.358 e. The van der Waals surface area contributed by atoms with E-state index in [-0.39, 0.29) is 30.9 Å². The molecule has 10 heteroatoms. The van der Waals surface area contributed by atoms with Crippen LogP contribution in [0.4, 0.5) is 10.1 Å². The lowest BCUT2D eigenvalue weighted by Gasteiger charge is -2.13. The van der Waals surface area contributed by atoms with Gasteiger partial charge in [0.25, 0.3) is 0 Å². The highest BCUT2D eigenvalue weighted by atomic mass is 19.1. The van der Waals surface area contributed by atoms with Crippen LogP contribution < -0.4 is 11.2 Å². The number of hydrogen-bond acceptors (Lipinski definition) is 5. The molecule has 0 aliphatic carbocycles. The minimum absolute atomic E-state index is 0.0886. The molecular formula is C19H20FN5O4. The number of aromatic nitrogens is 4. The minimum atomic E-state index is -0.941. The van der Waals surface area contributed by atoms with Gasteiger partial charge in [0.15, 0.2) is 0 Å². The second-order valence-electron chi connectivity index (χ2n) is 6.46. The monoisotopic (exact) mass is 401 g/mol. The maximum Gasteiger partial charge on any atom is 0.358 e. The van der Waals surface area contributed by atoms with Gasteiger partial charge in [-0.1, -0.05) is 25.1 Å². The second kappa shape index (κ2) is 8.21. The van der Waals surface area contributed by atoms with Gasteiger partial charge in [0.05, 0.1) is 17.7 Å². The molecule has 0 bridgehead atoms. The summed E-state index contributed by atoms with van der Waals surface area (Å²) >= 11 is 0. The normalized spacial score (nSPS) is 11.0. The fourth-order valence-electron chi connectivity index (χ4n) is 3.23. The van der Waals surface area contributed by atoms with E-state index < -0.39 is 27.7 Å². The molecule has 2 heterocycles. The van der Waals surface area contributed by atoms with E-state index >= 15 is 0 Å². The van der Waals surface area contributed by atoms with Crippen LogP contribution in [-0.4, -0.2) is 23.8 Å². The summed E-state index contributed by atoms with van der Waals surface area (Å²) in [6.45, 7) is 3.76. The molecule has 0 spiro atoms. The number of nitrogens with zero attached hydrogens (tertiary/aromatic N) is 5. The first-order valence-electron chi connectivity index (χ1n) is 9.17. The van der Waals surface area contributed by atoms with E-state index in [1.54, 1.807) is 32.0 Å². The molecule has 152 valence electrons. The molecule has 9 nitrogen and oxygen atoms in total. The highest BCUT2D eigenvalue weighted by molar-refractivity contribution is 5.68. The molecule has 0 aliphatic rings. The molecule has 1 aromatic carbocycles. The summed E-state index contributed by atoms with van der Waals surface area (Å²) in [5.74, 6) is -0.400. The van der Waals surface area contributed by atoms with Crippen LogP contribution in [0, 0.1) is 15.9 Å². The Labute approximate surface area is 164 Å². The quantitative estimate of drug-likeness (QED) is 0.447. The molecule has 0 aliphatic heterocycles. The Hall–Kier alpha value is -3.56. The summed E-state index contributed by atoms with van der Waals surface area (Å²) in [7, 11) is 0. The minimum Gasteiger partial charge on any atom is -0.287 e. The van der Waals surface area contributed by atoms with Crippen LogP contribution in [0.1, 0.15) is 25.8 Å². The van der Waals surface area contributed by atoms with Gasteiger partial charge in [-0.25, -0.2) is 9.18 Å². The van der Waals surface area contributed by atoms with Crippen molar-refractivity contribution < 1.29 is 9.31 Å². The lowest BCUT2D eigenvalue weighted by Crippen LogP contribution is -2.41. The van der Waals surface area contributed by atoms with E-state index in [4.69, 9.17) is 0 Å². The second-order valence-corrected chi connectivity index (χ2v) is 6.46. The fraction of sp³-hybridized carbons (Fsp3) is 0.316. The Balaban J connectivity index is 2.17. The van der Waals surface area contributed by atoms with E-state index in [1.165, 1.54) is 27.7 Å². The van der Waals surface area contributed by atoms with Gasteiger partial charge in [0.1, 0.15) is 11.5 Å². The molecule has 3 aromatic rings. The Morgan fingerprint density at radius 2 is 1.90 bits per heavy atom. The topological polar surface area (TPSA) is 105 Å². The zero-order valence-electron chi connectivity index (χ0n) is 16.0. The molecular weight excluding hydrogens is 381 g/mol. The van der Waals surface area contributed by atoms with E-state index in [2.05, 4.69) is 5.10 Å². The van der Waals surface area contributed by atoms with Crippen LogP contribution in [0.15, 0.2) is 46.2 Å². The molecule has 0 amide bonds. The molecule has 0 atom stereocenters. The SMILES string of the molecule is CCCn1c(=O)c([N+](=O)[O-])c(-c2cnn(Cc3ccccc3F)c2)n(CC)c1=O. The fourth-order valence-corrected chi connectivity index (χ4v) is 3.23. The van der Waals surface area contributed by atoms with Crippen molar-refractivity contribution >= 4 is 5.69 Å². The van der Waals surface area contributed by atoms with Crippen molar-refractivity contribution in [2.45, 2.75) is 39.9 Å². The number of hydrogen-bond donors (Lipinski definition) is 0. The Bertz CT molecular complexity index is 1180. The highest BCUT2D eigenvalue weighted by Crippen LogP contribution is 2.26. The number of nitro groups is 1. The molecule has 0 N–H and O–H groups in total. The maximum atomic E-state index is 13.9. The van der Waals surface area contributed by atoms with Gasteiger partial charge in [-0.15, -0.1) is 0 Å². The Morgan fingerprint density at radius 1 is 1.17 bits per heavy atom. The van der Waals surface area contributed by atoms with Crippen molar-refractivity contribution in [1.29, 1.82) is 0 Å². The first-order chi connectivity index (χ1) is 13.9. The van der Waals surface area contributed by atoms with Crippen LogP contribution in [0.25, 0.3) is 11.3 Å². The summed E-state index contributed by atoms with van der Waals surface area (Å²) < 4.78 is 17.4. The molecule has 0 saturated carbocycles. The van der Waals surface area contributed by atoms with E-state index in [0.29, 0.717) is 12.0 Å². The van der Waals surface area contributed by atoms with Gasteiger partial charge in [-0.2, -0.15) is 5.10 Å². The Morgan fingerprint density at radius 3 is 2.52 bits per heavy atom. The third-order valence-electron chi connectivity index (χ3n) is 4.55. The van der Waals surface area contributed by atoms with Crippen LogP contribution in [0.3, 0.4) is 0 Å². The molecule has 0 saturated heterocycles. The number of rotatable bonds is 7. The van der Waals surface area contributed by atoms with E-state index in [0.717, 1.165) is 4.57 Å². The molecule has 0 fully saturated rings. The zero-order chi connectivity index (χ0) is 21.1. The van der Waals surface area contributed by atoms with Gasteiger partial charge < -0.3 is 0 Å². The van der Waals surface area contributed by atoms with E-state index in [1.807, 2.05) is 0 Å². The third-order valence-corrected chi connectivity index (χ3v) is 4.55. The molecule has 0 unspecified atom stereocenters.